The van der Waals surface area contributed by atoms with Gasteiger partial charge in [-0.15, -0.1) is 0 Å². The maximum Gasteiger partial charge on any atom is 0.335 e. The standard InChI is InChI=1S/C17H19O5P/c1-2-22-23(19,20)13-17(18)15-8-6-7-14(11-15)12-21-16-9-4-3-5-10-16/h3-11H,2,12-13H2,1H3,(H,19,20). The van der Waals surface area contributed by atoms with Crippen LogP contribution < -0.4 is 4.74 Å². The number of benzene rings is 2. The van der Waals surface area contributed by atoms with Crippen LogP contribution in [0.4, 0.5) is 0 Å². The third-order valence-electron chi connectivity index (χ3n) is 3.07. The van der Waals surface area contributed by atoms with Crippen LogP contribution in [0.3, 0.4) is 0 Å². The molecule has 0 spiro atoms. The summed E-state index contributed by atoms with van der Waals surface area (Å²) in [6, 6.07) is 16.2. The fraction of sp³-hybridized carbons (Fsp3) is 0.235. The molecule has 0 bridgehead atoms. The van der Waals surface area contributed by atoms with Crippen LogP contribution in [-0.2, 0) is 15.7 Å². The minimum absolute atomic E-state index is 0.0893. The number of carbonyl (C=O) groups is 1. The topological polar surface area (TPSA) is 72.8 Å². The maximum atomic E-state index is 12.1. The first-order valence-corrected chi connectivity index (χ1v) is 9.03. The number of ketones is 1. The summed E-state index contributed by atoms with van der Waals surface area (Å²) < 4.78 is 22.0. The Bertz CT molecular complexity index is 699. The Labute approximate surface area is 135 Å². The summed E-state index contributed by atoms with van der Waals surface area (Å²) in [6.45, 7) is 2.01. The summed E-state index contributed by atoms with van der Waals surface area (Å²) in [6.07, 6.45) is -0.524. The summed E-state index contributed by atoms with van der Waals surface area (Å²) in [5.74, 6) is 0.311. The van der Waals surface area contributed by atoms with Gasteiger partial charge in [0, 0.05) is 5.56 Å². The Morgan fingerprint density at radius 1 is 1.13 bits per heavy atom. The van der Waals surface area contributed by atoms with Gasteiger partial charge in [0.25, 0.3) is 0 Å². The van der Waals surface area contributed by atoms with Crippen molar-refractivity contribution in [3.8, 4) is 5.75 Å². The van der Waals surface area contributed by atoms with E-state index in [0.717, 1.165) is 11.3 Å². The van der Waals surface area contributed by atoms with E-state index in [1.54, 1.807) is 25.1 Å². The summed E-state index contributed by atoms with van der Waals surface area (Å²) in [5.41, 5.74) is 1.18. The Kier molecular flexibility index (Phi) is 6.11. The van der Waals surface area contributed by atoms with Gasteiger partial charge in [0.2, 0.25) is 0 Å². The molecule has 2 aromatic rings. The van der Waals surface area contributed by atoms with Crippen LogP contribution in [0.2, 0.25) is 0 Å². The van der Waals surface area contributed by atoms with Gasteiger partial charge in [-0.05, 0) is 30.7 Å². The van der Waals surface area contributed by atoms with Crippen LogP contribution in [0.5, 0.6) is 5.75 Å². The second kappa shape index (κ2) is 8.06. The Balaban J connectivity index is 2.01. The number of hydrogen-bond acceptors (Lipinski definition) is 4. The molecule has 5 nitrogen and oxygen atoms in total. The molecular formula is C17H19O5P. The number of hydrogen-bond donors (Lipinski definition) is 1. The zero-order valence-corrected chi connectivity index (χ0v) is 13.7. The molecule has 0 aromatic heterocycles. The molecule has 2 rings (SSSR count). The van der Waals surface area contributed by atoms with Crippen molar-refractivity contribution >= 4 is 13.4 Å². The minimum Gasteiger partial charge on any atom is -0.489 e. The van der Waals surface area contributed by atoms with E-state index in [9.17, 15) is 14.3 Å². The lowest BCUT2D eigenvalue weighted by Gasteiger charge is -2.11. The second-order valence-corrected chi connectivity index (χ2v) is 6.79. The second-order valence-electron chi connectivity index (χ2n) is 4.94. The van der Waals surface area contributed by atoms with E-state index >= 15 is 0 Å². The average Bonchev–Trinajstić information content (AvgIpc) is 2.53. The van der Waals surface area contributed by atoms with Gasteiger partial charge in [-0.1, -0.05) is 36.4 Å². The normalized spacial score (nSPS) is 13.3. The van der Waals surface area contributed by atoms with Crippen LogP contribution in [0, 0.1) is 0 Å². The quantitative estimate of drug-likeness (QED) is 0.589. The molecule has 0 amide bonds. The van der Waals surface area contributed by atoms with Crippen molar-refractivity contribution in [1.29, 1.82) is 0 Å². The first-order chi connectivity index (χ1) is 11.0. The molecule has 0 aliphatic carbocycles. The maximum absolute atomic E-state index is 12.1. The zero-order valence-electron chi connectivity index (χ0n) is 12.8. The number of rotatable bonds is 8. The SMILES string of the molecule is CCOP(=O)(O)CC(=O)c1cccc(COc2ccccc2)c1. The van der Waals surface area contributed by atoms with Gasteiger partial charge in [-0.3, -0.25) is 9.36 Å². The molecule has 122 valence electrons. The fourth-order valence-electron chi connectivity index (χ4n) is 2.04. The first kappa shape index (κ1) is 17.4. The van der Waals surface area contributed by atoms with Gasteiger partial charge in [-0.2, -0.15) is 0 Å². The van der Waals surface area contributed by atoms with Crippen LogP contribution in [0.25, 0.3) is 0 Å². The molecular weight excluding hydrogens is 315 g/mol. The van der Waals surface area contributed by atoms with E-state index in [2.05, 4.69) is 0 Å². The number of para-hydroxylation sites is 1. The van der Waals surface area contributed by atoms with Crippen molar-refractivity contribution in [3.05, 3.63) is 65.7 Å². The molecule has 0 aliphatic heterocycles. The molecule has 0 aliphatic rings. The number of carbonyl (C=O) groups excluding carboxylic acids is 1. The highest BCUT2D eigenvalue weighted by Gasteiger charge is 2.24. The summed E-state index contributed by atoms with van der Waals surface area (Å²) in [4.78, 5) is 21.7. The van der Waals surface area contributed by atoms with E-state index in [-0.39, 0.29) is 6.61 Å². The smallest absolute Gasteiger partial charge is 0.335 e. The van der Waals surface area contributed by atoms with Crippen LogP contribution >= 0.6 is 7.60 Å². The molecule has 0 fully saturated rings. The van der Waals surface area contributed by atoms with Gasteiger partial charge < -0.3 is 14.2 Å². The molecule has 2 aromatic carbocycles. The molecule has 1 unspecified atom stereocenters. The molecule has 0 heterocycles. The highest BCUT2D eigenvalue weighted by atomic mass is 31.2. The highest BCUT2D eigenvalue weighted by Crippen LogP contribution is 2.41. The van der Waals surface area contributed by atoms with Crippen molar-refractivity contribution < 1.29 is 23.5 Å². The number of Topliss-reactive ketones (excluding diaryl/α,β-unsaturated/α-hetero) is 1. The van der Waals surface area contributed by atoms with Crippen molar-refractivity contribution in [2.75, 3.05) is 12.8 Å². The van der Waals surface area contributed by atoms with E-state index in [0.29, 0.717) is 12.2 Å². The van der Waals surface area contributed by atoms with Gasteiger partial charge in [0.05, 0.1) is 6.61 Å². The third-order valence-corrected chi connectivity index (χ3v) is 4.42. The predicted molar refractivity (Wildman–Crippen MR) is 87.9 cm³/mol. The third kappa shape index (κ3) is 5.64. The van der Waals surface area contributed by atoms with E-state index in [4.69, 9.17) is 9.26 Å². The monoisotopic (exact) mass is 334 g/mol. The Hall–Kier alpha value is -1.94. The van der Waals surface area contributed by atoms with Crippen LogP contribution in [-0.4, -0.2) is 23.4 Å². The lowest BCUT2D eigenvalue weighted by molar-refractivity contribution is 0.101. The first-order valence-electron chi connectivity index (χ1n) is 7.26. The van der Waals surface area contributed by atoms with Crippen LogP contribution in [0.1, 0.15) is 22.8 Å². The van der Waals surface area contributed by atoms with E-state index < -0.39 is 19.5 Å². The molecule has 1 atom stereocenters. The summed E-state index contributed by atoms with van der Waals surface area (Å²) >= 11 is 0. The van der Waals surface area contributed by atoms with Gasteiger partial charge in [-0.25, -0.2) is 0 Å². The average molecular weight is 334 g/mol. The van der Waals surface area contributed by atoms with Crippen LogP contribution in [0.15, 0.2) is 54.6 Å². The van der Waals surface area contributed by atoms with Gasteiger partial charge in [0.1, 0.15) is 18.5 Å². The molecule has 1 N–H and O–H groups in total. The summed E-state index contributed by atoms with van der Waals surface area (Å²) in [5, 5.41) is 0. The molecule has 6 heteroatoms. The van der Waals surface area contributed by atoms with E-state index in [1.165, 1.54) is 0 Å². The lowest BCUT2D eigenvalue weighted by atomic mass is 10.1. The largest absolute Gasteiger partial charge is 0.489 e. The Morgan fingerprint density at radius 2 is 1.87 bits per heavy atom. The lowest BCUT2D eigenvalue weighted by Crippen LogP contribution is -2.08. The Morgan fingerprint density at radius 3 is 2.57 bits per heavy atom. The van der Waals surface area contributed by atoms with E-state index in [1.807, 2.05) is 36.4 Å². The van der Waals surface area contributed by atoms with Crippen molar-refractivity contribution in [2.45, 2.75) is 13.5 Å². The molecule has 0 saturated carbocycles. The molecule has 23 heavy (non-hydrogen) atoms. The van der Waals surface area contributed by atoms with Crippen molar-refractivity contribution in [2.24, 2.45) is 0 Å². The van der Waals surface area contributed by atoms with Gasteiger partial charge in [0.15, 0.2) is 5.78 Å². The minimum atomic E-state index is -3.87. The molecule has 0 saturated heterocycles. The predicted octanol–water partition coefficient (Wildman–Crippen LogP) is 3.67. The summed E-state index contributed by atoms with van der Waals surface area (Å²) in [7, 11) is -3.87. The number of ether oxygens (including phenoxy) is 1. The van der Waals surface area contributed by atoms with Crippen molar-refractivity contribution in [3.63, 3.8) is 0 Å². The van der Waals surface area contributed by atoms with Gasteiger partial charge >= 0.3 is 7.60 Å². The molecule has 0 radical (unpaired) electrons. The zero-order chi connectivity index (χ0) is 16.7. The highest BCUT2D eigenvalue weighted by molar-refractivity contribution is 7.53. The fourth-order valence-corrected chi connectivity index (χ4v) is 3.08. The van der Waals surface area contributed by atoms with Crippen molar-refractivity contribution in [1.82, 2.24) is 0 Å².